The molecule has 0 aromatic heterocycles. The number of hydrogen-bond acceptors (Lipinski definition) is 1. The highest BCUT2D eigenvalue weighted by Gasteiger charge is 1.79. The maximum Gasteiger partial charge on any atom is 0.0339 e. The first-order chi connectivity index (χ1) is 3.91. The minimum absolute atomic E-state index is 0.722. The van der Waals surface area contributed by atoms with Crippen LogP contribution in [-0.2, 0) is 0 Å². The molecule has 1 nitrogen and oxygen atoms in total. The average molecular weight is 110 g/mol. The number of hydrogen-bond donors (Lipinski definition) is 1. The third-order valence-corrected chi connectivity index (χ3v) is 0.759. The molecule has 8 heavy (non-hydrogen) atoms. The second-order valence-electron chi connectivity index (χ2n) is 1.57. The van der Waals surface area contributed by atoms with Crippen molar-refractivity contribution in [3.05, 3.63) is 6.54 Å². The van der Waals surface area contributed by atoms with Gasteiger partial charge in [-0.1, -0.05) is 6.92 Å². The van der Waals surface area contributed by atoms with Crippen LogP contribution in [-0.4, -0.2) is 6.54 Å². The second kappa shape index (κ2) is 6.52. The zero-order chi connectivity index (χ0) is 6.24. The Hall–Kier alpha value is -0.480. The third-order valence-electron chi connectivity index (χ3n) is 0.759. The van der Waals surface area contributed by atoms with Gasteiger partial charge in [-0.05, 0) is 13.0 Å². The van der Waals surface area contributed by atoms with Crippen molar-refractivity contribution in [2.45, 2.75) is 19.8 Å². The van der Waals surface area contributed by atoms with Crippen molar-refractivity contribution in [1.29, 1.82) is 0 Å². The summed E-state index contributed by atoms with van der Waals surface area (Å²) >= 11 is 0. The predicted octanol–water partition coefficient (Wildman–Crippen LogP) is 1.17. The molecule has 0 aliphatic carbocycles. The van der Waals surface area contributed by atoms with Crippen LogP contribution < -0.4 is 5.32 Å². The van der Waals surface area contributed by atoms with Gasteiger partial charge in [0.05, 0.1) is 0 Å². The molecule has 0 fully saturated rings. The summed E-state index contributed by atoms with van der Waals surface area (Å²) in [7, 11) is 0. The van der Waals surface area contributed by atoms with Crippen LogP contribution in [0.15, 0.2) is 0 Å². The van der Waals surface area contributed by atoms with Gasteiger partial charge in [-0.3, -0.25) is 0 Å². The van der Waals surface area contributed by atoms with E-state index in [2.05, 4.69) is 18.2 Å². The Morgan fingerprint density at radius 1 is 1.75 bits per heavy atom. The lowest BCUT2D eigenvalue weighted by Crippen LogP contribution is -2.09. The normalized spacial score (nSPS) is 8.50. The first-order valence-electron chi connectivity index (χ1n) is 2.90. The van der Waals surface area contributed by atoms with Crippen molar-refractivity contribution in [1.82, 2.24) is 5.32 Å². The van der Waals surface area contributed by atoms with E-state index in [1.807, 2.05) is 6.54 Å². The fraction of sp³-hybridized carbons (Fsp3) is 0.571. The number of nitrogens with one attached hydrogen (secondary N) is 1. The lowest BCUT2D eigenvalue weighted by Gasteiger charge is -1.94. The maximum absolute atomic E-state index is 4.99. The van der Waals surface area contributed by atoms with E-state index >= 15 is 0 Å². The first-order valence-corrected chi connectivity index (χ1v) is 2.90. The number of terminal acetylenes is 1. The largest absolute Gasteiger partial charge is 0.311 e. The van der Waals surface area contributed by atoms with Crippen LogP contribution in [0.5, 0.6) is 0 Å². The Bertz CT molecular complexity index is 70.9. The fourth-order valence-corrected chi connectivity index (χ4v) is 0.377. The molecule has 0 atom stereocenters. The molecule has 0 rings (SSSR count). The lowest BCUT2D eigenvalue weighted by atomic mass is 10.4. The molecule has 0 heterocycles. The van der Waals surface area contributed by atoms with Crippen LogP contribution in [0.4, 0.5) is 0 Å². The maximum atomic E-state index is 4.99. The fourth-order valence-electron chi connectivity index (χ4n) is 0.377. The summed E-state index contributed by atoms with van der Waals surface area (Å²) in [6.45, 7) is 5.06. The lowest BCUT2D eigenvalue weighted by molar-refractivity contribution is 0.751. The third kappa shape index (κ3) is 5.52. The van der Waals surface area contributed by atoms with Crippen LogP contribution in [0.25, 0.3) is 0 Å². The van der Waals surface area contributed by atoms with E-state index < -0.39 is 0 Å². The second-order valence-corrected chi connectivity index (χ2v) is 1.57. The van der Waals surface area contributed by atoms with Gasteiger partial charge >= 0.3 is 0 Å². The average Bonchev–Trinajstić information content (AvgIpc) is 1.81. The topological polar surface area (TPSA) is 12.0 Å². The Balaban J connectivity index is 2.65. The Labute approximate surface area is 51.5 Å². The van der Waals surface area contributed by atoms with Gasteiger partial charge in [0.25, 0.3) is 0 Å². The monoisotopic (exact) mass is 110 g/mol. The molecule has 0 saturated carbocycles. The van der Waals surface area contributed by atoms with Crippen LogP contribution in [0.1, 0.15) is 19.8 Å². The van der Waals surface area contributed by atoms with Crippen molar-refractivity contribution in [2.75, 3.05) is 6.54 Å². The van der Waals surface area contributed by atoms with Gasteiger partial charge in [-0.2, -0.15) is 0 Å². The van der Waals surface area contributed by atoms with Gasteiger partial charge in [0.1, 0.15) is 0 Å². The number of rotatable bonds is 4. The van der Waals surface area contributed by atoms with E-state index in [1.165, 1.54) is 0 Å². The minimum atomic E-state index is 0.722. The molecule has 0 aromatic rings. The molecule has 0 spiro atoms. The van der Waals surface area contributed by atoms with E-state index in [1.54, 1.807) is 0 Å². The van der Waals surface area contributed by atoms with Gasteiger partial charge in [0.2, 0.25) is 0 Å². The highest BCUT2D eigenvalue weighted by molar-refractivity contribution is 4.88. The summed E-state index contributed by atoms with van der Waals surface area (Å²) in [5.74, 6) is 2.51. The van der Waals surface area contributed by atoms with E-state index in [4.69, 9.17) is 6.42 Å². The van der Waals surface area contributed by atoms with Gasteiger partial charge in [-0.15, -0.1) is 12.3 Å². The highest BCUT2D eigenvalue weighted by Crippen LogP contribution is 1.77. The quantitative estimate of drug-likeness (QED) is 0.423. The molecule has 0 amide bonds. The van der Waals surface area contributed by atoms with E-state index in [0.717, 1.165) is 19.4 Å². The molecule has 0 aliphatic rings. The molecule has 45 valence electrons. The van der Waals surface area contributed by atoms with Gasteiger partial charge in [0.15, 0.2) is 0 Å². The summed E-state index contributed by atoms with van der Waals surface area (Å²) in [5, 5.41) is 3.07. The van der Waals surface area contributed by atoms with Crippen LogP contribution in [0, 0.1) is 18.9 Å². The molecule has 0 aromatic carbocycles. The van der Waals surface area contributed by atoms with Crippen molar-refractivity contribution < 1.29 is 0 Å². The van der Waals surface area contributed by atoms with E-state index in [0.29, 0.717) is 0 Å². The molecule has 1 heteroatoms. The van der Waals surface area contributed by atoms with Crippen LogP contribution in [0.3, 0.4) is 0 Å². The molecule has 0 aliphatic heterocycles. The summed E-state index contributed by atoms with van der Waals surface area (Å²) in [5.41, 5.74) is 0. The Morgan fingerprint density at radius 2 is 2.50 bits per heavy atom. The smallest absolute Gasteiger partial charge is 0.0339 e. The molecular formula is C7H12N. The molecule has 1 N–H and O–H groups in total. The van der Waals surface area contributed by atoms with Crippen molar-refractivity contribution in [3.63, 3.8) is 0 Å². The molecule has 1 radical (unpaired) electrons. The highest BCUT2D eigenvalue weighted by atomic mass is 14.8. The zero-order valence-corrected chi connectivity index (χ0v) is 5.28. The SMILES string of the molecule is C#CC[CH]NCCC. The first kappa shape index (κ1) is 7.52. The summed E-state index contributed by atoms with van der Waals surface area (Å²) in [6.07, 6.45) is 6.87. The molecular weight excluding hydrogens is 98.1 g/mol. The summed E-state index contributed by atoms with van der Waals surface area (Å²) < 4.78 is 0. The Kier molecular flexibility index (Phi) is 6.13. The van der Waals surface area contributed by atoms with Crippen molar-refractivity contribution in [3.8, 4) is 12.3 Å². The standard InChI is InChI=1S/C7H12N/c1-3-5-7-8-6-4-2/h1,7-8H,4-6H2,2H3. The summed E-state index contributed by atoms with van der Waals surface area (Å²) in [4.78, 5) is 0. The van der Waals surface area contributed by atoms with Gasteiger partial charge in [-0.25, -0.2) is 0 Å². The predicted molar refractivity (Wildman–Crippen MR) is 36.0 cm³/mol. The molecule has 0 saturated heterocycles. The van der Waals surface area contributed by atoms with E-state index in [9.17, 15) is 0 Å². The Morgan fingerprint density at radius 3 is 3.00 bits per heavy atom. The molecule has 0 unspecified atom stereocenters. The zero-order valence-electron chi connectivity index (χ0n) is 5.28. The van der Waals surface area contributed by atoms with Crippen molar-refractivity contribution >= 4 is 0 Å². The minimum Gasteiger partial charge on any atom is -0.311 e. The van der Waals surface area contributed by atoms with Gasteiger partial charge < -0.3 is 5.32 Å². The molecule has 0 bridgehead atoms. The van der Waals surface area contributed by atoms with Gasteiger partial charge in [0, 0.05) is 13.0 Å². The van der Waals surface area contributed by atoms with Crippen molar-refractivity contribution in [2.24, 2.45) is 0 Å². The van der Waals surface area contributed by atoms with Crippen LogP contribution >= 0.6 is 0 Å². The van der Waals surface area contributed by atoms with E-state index in [-0.39, 0.29) is 0 Å². The summed E-state index contributed by atoms with van der Waals surface area (Å²) in [6, 6.07) is 0. The van der Waals surface area contributed by atoms with Crippen LogP contribution in [0.2, 0.25) is 0 Å².